The van der Waals surface area contributed by atoms with E-state index in [1.165, 1.54) is 0 Å². The van der Waals surface area contributed by atoms with E-state index >= 15 is 0 Å². The molecule has 0 radical (unpaired) electrons. The van der Waals surface area contributed by atoms with Crippen molar-refractivity contribution in [2.24, 2.45) is 5.73 Å². The number of hydrogen-bond donors (Lipinski definition) is 1. The van der Waals surface area contributed by atoms with Crippen LogP contribution in [0.3, 0.4) is 0 Å². The first-order valence-electron chi connectivity index (χ1n) is 4.04. The van der Waals surface area contributed by atoms with Gasteiger partial charge in [0, 0.05) is 20.5 Å². The van der Waals surface area contributed by atoms with Crippen LogP contribution in [-0.2, 0) is 6.42 Å². The van der Waals surface area contributed by atoms with Crippen molar-refractivity contribution in [2.45, 2.75) is 6.42 Å². The third kappa shape index (κ3) is 2.55. The highest BCUT2D eigenvalue weighted by Gasteiger charge is 2.13. The molecule has 0 fully saturated rings. The lowest BCUT2D eigenvalue weighted by Gasteiger charge is -2.04. The first-order chi connectivity index (χ1) is 6.54. The van der Waals surface area contributed by atoms with Crippen LogP contribution in [0.1, 0.15) is 4.88 Å². The second kappa shape index (κ2) is 4.56. The molecule has 14 heavy (non-hydrogen) atoms. The van der Waals surface area contributed by atoms with E-state index in [2.05, 4.69) is 4.98 Å². The molecule has 6 heteroatoms. The van der Waals surface area contributed by atoms with Gasteiger partial charge in [0.05, 0.1) is 17.0 Å². The van der Waals surface area contributed by atoms with E-state index in [1.54, 1.807) is 18.4 Å². The molecule has 78 valence electrons. The van der Waals surface area contributed by atoms with Crippen molar-refractivity contribution in [2.75, 3.05) is 26.1 Å². The second-order valence-corrected chi connectivity index (χ2v) is 4.55. The smallest absolute Gasteiger partial charge is 0.229 e. The van der Waals surface area contributed by atoms with Gasteiger partial charge in [-0.05, 0) is 0 Å². The topological polar surface area (TPSA) is 51.4 Å². The molecule has 0 amide bonds. The Morgan fingerprint density at radius 3 is 2.71 bits per heavy atom. The summed E-state index contributed by atoms with van der Waals surface area (Å²) < 4.78 is 5.13. The van der Waals surface area contributed by atoms with Crippen LogP contribution >= 0.6 is 23.6 Å². The van der Waals surface area contributed by atoms with Gasteiger partial charge in [0.25, 0.3) is 0 Å². The quantitative estimate of drug-likeness (QED) is 0.785. The third-order valence-electron chi connectivity index (χ3n) is 1.56. The summed E-state index contributed by atoms with van der Waals surface area (Å²) >= 11 is 6.39. The van der Waals surface area contributed by atoms with Crippen molar-refractivity contribution < 1.29 is 4.74 Å². The highest BCUT2D eigenvalue weighted by Crippen LogP contribution is 2.30. The van der Waals surface area contributed by atoms with Crippen molar-refractivity contribution >= 4 is 33.7 Å². The van der Waals surface area contributed by atoms with Gasteiger partial charge in [-0.15, -0.1) is 0 Å². The van der Waals surface area contributed by atoms with E-state index in [0.717, 1.165) is 10.0 Å². The van der Waals surface area contributed by atoms with Crippen molar-refractivity contribution in [3.63, 3.8) is 0 Å². The van der Waals surface area contributed by atoms with Crippen LogP contribution in [-0.4, -0.2) is 31.2 Å². The molecular weight excluding hydrogens is 218 g/mol. The summed E-state index contributed by atoms with van der Waals surface area (Å²) in [6.07, 6.45) is 0.546. The number of ether oxygens (including phenoxy) is 1. The minimum absolute atomic E-state index is 0.456. The number of anilines is 1. The lowest BCUT2D eigenvalue weighted by atomic mass is 10.4. The van der Waals surface area contributed by atoms with E-state index in [4.69, 9.17) is 22.7 Å². The zero-order chi connectivity index (χ0) is 10.7. The Hall–Kier alpha value is -0.880. The van der Waals surface area contributed by atoms with Crippen molar-refractivity contribution in [1.82, 2.24) is 4.98 Å². The standard InChI is InChI=1S/C8H13N3OS2/c1-11(2)8-10-7(12-3)5(14-8)4-6(9)13/h4H2,1-3H3,(H2,9,13). The number of rotatable bonds is 4. The molecule has 1 aromatic heterocycles. The monoisotopic (exact) mass is 231 g/mol. The summed E-state index contributed by atoms with van der Waals surface area (Å²) in [6.45, 7) is 0. The van der Waals surface area contributed by atoms with Crippen molar-refractivity contribution in [3.8, 4) is 5.88 Å². The van der Waals surface area contributed by atoms with Gasteiger partial charge in [0.1, 0.15) is 0 Å². The average molecular weight is 231 g/mol. The number of aromatic nitrogens is 1. The maximum Gasteiger partial charge on any atom is 0.229 e. The van der Waals surface area contributed by atoms with Crippen LogP contribution in [0.5, 0.6) is 5.88 Å². The van der Waals surface area contributed by atoms with Crippen LogP contribution < -0.4 is 15.4 Å². The zero-order valence-corrected chi connectivity index (χ0v) is 10.0. The Kier molecular flexibility index (Phi) is 3.65. The van der Waals surface area contributed by atoms with Gasteiger partial charge in [-0.25, -0.2) is 0 Å². The summed E-state index contributed by atoms with van der Waals surface area (Å²) in [7, 11) is 5.46. The van der Waals surface area contributed by atoms with Crippen molar-refractivity contribution in [1.29, 1.82) is 0 Å². The maximum atomic E-state index is 5.47. The number of thiazole rings is 1. The molecule has 0 saturated carbocycles. The van der Waals surface area contributed by atoms with E-state index in [1.807, 2.05) is 19.0 Å². The summed E-state index contributed by atoms with van der Waals surface area (Å²) in [5.41, 5.74) is 5.47. The molecule has 2 N–H and O–H groups in total. The van der Waals surface area contributed by atoms with E-state index in [9.17, 15) is 0 Å². The van der Waals surface area contributed by atoms with Crippen LogP contribution in [0.15, 0.2) is 0 Å². The van der Waals surface area contributed by atoms with Crippen LogP contribution in [0, 0.1) is 0 Å². The van der Waals surface area contributed by atoms with Crippen LogP contribution in [0.4, 0.5) is 5.13 Å². The van der Waals surface area contributed by atoms with Gasteiger partial charge in [-0.3, -0.25) is 0 Å². The fourth-order valence-corrected chi connectivity index (χ4v) is 2.16. The number of nitrogens with two attached hydrogens (primary N) is 1. The molecule has 0 spiro atoms. The molecule has 0 aliphatic rings. The molecule has 0 aliphatic heterocycles. The molecule has 1 aromatic rings. The summed E-state index contributed by atoms with van der Waals surface area (Å²) in [5, 5.41) is 0.896. The highest BCUT2D eigenvalue weighted by molar-refractivity contribution is 7.80. The van der Waals surface area contributed by atoms with Crippen molar-refractivity contribution in [3.05, 3.63) is 4.88 Å². The van der Waals surface area contributed by atoms with E-state index in [-0.39, 0.29) is 0 Å². The van der Waals surface area contributed by atoms with E-state index < -0.39 is 0 Å². The first-order valence-corrected chi connectivity index (χ1v) is 5.26. The molecule has 1 heterocycles. The predicted octanol–water partition coefficient (Wildman–Crippen LogP) is 1.05. The first kappa shape index (κ1) is 11.2. The highest BCUT2D eigenvalue weighted by atomic mass is 32.1. The molecular formula is C8H13N3OS2. The molecule has 0 saturated heterocycles. The zero-order valence-electron chi connectivity index (χ0n) is 8.40. The Morgan fingerprint density at radius 1 is 1.64 bits per heavy atom. The fraction of sp³-hybridized carbons (Fsp3) is 0.500. The predicted molar refractivity (Wildman–Crippen MR) is 63.5 cm³/mol. The fourth-order valence-electron chi connectivity index (χ4n) is 0.947. The molecule has 0 aromatic carbocycles. The summed E-state index contributed by atoms with van der Waals surface area (Å²) in [4.78, 5) is 7.65. The van der Waals surface area contributed by atoms with Crippen LogP contribution in [0.25, 0.3) is 0 Å². The second-order valence-electron chi connectivity index (χ2n) is 2.97. The third-order valence-corrected chi connectivity index (χ3v) is 2.91. The molecule has 1 rings (SSSR count). The minimum atomic E-state index is 0.456. The molecule has 0 aliphatic carbocycles. The molecule has 4 nitrogen and oxygen atoms in total. The maximum absolute atomic E-state index is 5.47. The summed E-state index contributed by atoms with van der Waals surface area (Å²) in [6, 6.07) is 0. The largest absolute Gasteiger partial charge is 0.480 e. The number of hydrogen-bond acceptors (Lipinski definition) is 5. The molecule has 0 bridgehead atoms. The Morgan fingerprint density at radius 2 is 2.29 bits per heavy atom. The Balaban J connectivity index is 2.96. The minimum Gasteiger partial charge on any atom is -0.480 e. The number of methoxy groups -OCH3 is 1. The summed E-state index contributed by atoms with van der Waals surface area (Å²) in [5.74, 6) is 0.617. The lowest BCUT2D eigenvalue weighted by Crippen LogP contribution is -2.10. The molecule has 0 atom stereocenters. The Labute approximate surface area is 92.7 Å². The van der Waals surface area contributed by atoms with Crippen LogP contribution in [0.2, 0.25) is 0 Å². The van der Waals surface area contributed by atoms with Gasteiger partial charge >= 0.3 is 0 Å². The number of thiocarbonyl (C=S) groups is 1. The number of nitrogens with zero attached hydrogens (tertiary/aromatic N) is 2. The van der Waals surface area contributed by atoms with Gasteiger partial charge in [0.2, 0.25) is 5.88 Å². The van der Waals surface area contributed by atoms with E-state index in [0.29, 0.717) is 17.3 Å². The van der Waals surface area contributed by atoms with Gasteiger partial charge < -0.3 is 15.4 Å². The van der Waals surface area contributed by atoms with Gasteiger partial charge in [0.15, 0.2) is 5.13 Å². The Bertz CT molecular complexity index is 335. The normalized spacial score (nSPS) is 9.93. The van der Waals surface area contributed by atoms with Gasteiger partial charge in [-0.2, -0.15) is 4.98 Å². The van der Waals surface area contributed by atoms with Gasteiger partial charge in [-0.1, -0.05) is 23.6 Å². The SMILES string of the molecule is COc1nc(N(C)C)sc1CC(N)=S. The average Bonchev–Trinajstić information content (AvgIpc) is 2.46. The lowest BCUT2D eigenvalue weighted by molar-refractivity contribution is 0.397. The molecule has 0 unspecified atom stereocenters.